The largest absolute Gasteiger partial charge is 0.381 e. The van der Waals surface area contributed by atoms with E-state index in [-0.39, 0.29) is 29.1 Å². The summed E-state index contributed by atoms with van der Waals surface area (Å²) in [6.07, 6.45) is 4.67. The Hall–Kier alpha value is -0.420. The molecule has 0 aromatic carbocycles. The van der Waals surface area contributed by atoms with Crippen LogP contribution >= 0.6 is 15.9 Å². The van der Waals surface area contributed by atoms with E-state index in [1.54, 1.807) is 4.90 Å². The predicted molar refractivity (Wildman–Crippen MR) is 73.8 cm³/mol. The molecule has 19 heavy (non-hydrogen) atoms. The van der Waals surface area contributed by atoms with E-state index >= 15 is 0 Å². The summed E-state index contributed by atoms with van der Waals surface area (Å²) in [4.78, 5) is 26.3. The van der Waals surface area contributed by atoms with Gasteiger partial charge in [-0.2, -0.15) is 0 Å². The molecule has 0 aromatic heterocycles. The average molecular weight is 330 g/mol. The van der Waals surface area contributed by atoms with Crippen molar-refractivity contribution >= 4 is 27.7 Å². The third kappa shape index (κ3) is 2.25. The fraction of sp³-hybridized carbons (Fsp3) is 0.857. The summed E-state index contributed by atoms with van der Waals surface area (Å²) in [5.74, 6) is 0.137. The fourth-order valence-corrected chi connectivity index (χ4v) is 4.43. The van der Waals surface area contributed by atoms with Gasteiger partial charge in [0.25, 0.3) is 0 Å². The summed E-state index contributed by atoms with van der Waals surface area (Å²) < 4.78 is 5.41. The number of likely N-dealkylation sites (tertiary alicyclic amines) is 1. The summed E-state index contributed by atoms with van der Waals surface area (Å²) in [5.41, 5.74) is 0.0161. The molecule has 5 heteroatoms. The smallest absolute Gasteiger partial charge is 0.233 e. The summed E-state index contributed by atoms with van der Waals surface area (Å²) >= 11 is 3.57. The molecule has 1 saturated carbocycles. The number of imide groups is 1. The highest BCUT2D eigenvalue weighted by Gasteiger charge is 2.51. The van der Waals surface area contributed by atoms with Gasteiger partial charge in [0, 0.05) is 30.5 Å². The lowest BCUT2D eigenvalue weighted by Crippen LogP contribution is -2.45. The number of nitrogens with zero attached hydrogens (tertiary/aromatic N) is 1. The summed E-state index contributed by atoms with van der Waals surface area (Å²) in [6, 6.07) is 0. The molecule has 106 valence electrons. The molecule has 0 aromatic rings. The number of ether oxygens (including phenoxy) is 1. The Labute approximate surface area is 122 Å². The molecule has 3 aliphatic rings. The Balaban J connectivity index is 1.75. The Kier molecular flexibility index (Phi) is 3.69. The van der Waals surface area contributed by atoms with Crippen molar-refractivity contribution in [2.45, 2.75) is 32.1 Å². The number of alkyl halides is 1. The normalized spacial score (nSPS) is 33.8. The molecular weight excluding hydrogens is 310 g/mol. The second-order valence-corrected chi connectivity index (χ2v) is 6.71. The number of halogens is 1. The van der Waals surface area contributed by atoms with Gasteiger partial charge in [0.1, 0.15) is 0 Å². The van der Waals surface area contributed by atoms with Crippen LogP contribution in [-0.4, -0.2) is 41.8 Å². The van der Waals surface area contributed by atoms with Gasteiger partial charge >= 0.3 is 0 Å². The summed E-state index contributed by atoms with van der Waals surface area (Å²) in [5, 5.41) is 0.829. The standard InChI is InChI=1S/C14H20BrNO3/c15-8-14(4-6-19-7-5-14)9-16-12(17)10-2-1-3-11(10)13(16)18/h10-11H,1-9H2. The van der Waals surface area contributed by atoms with Crippen LogP contribution in [-0.2, 0) is 14.3 Å². The van der Waals surface area contributed by atoms with Crippen molar-refractivity contribution in [2.24, 2.45) is 17.3 Å². The molecule has 2 unspecified atom stereocenters. The highest BCUT2D eigenvalue weighted by molar-refractivity contribution is 9.09. The van der Waals surface area contributed by atoms with E-state index in [2.05, 4.69) is 15.9 Å². The molecule has 2 amide bonds. The molecule has 4 nitrogen and oxygen atoms in total. The van der Waals surface area contributed by atoms with Crippen molar-refractivity contribution in [2.75, 3.05) is 25.1 Å². The molecular formula is C14H20BrNO3. The first-order valence-electron chi connectivity index (χ1n) is 7.16. The van der Waals surface area contributed by atoms with Gasteiger partial charge in [-0.1, -0.05) is 22.4 Å². The number of hydrogen-bond donors (Lipinski definition) is 0. The first-order chi connectivity index (χ1) is 9.17. The van der Waals surface area contributed by atoms with Gasteiger partial charge in [0.15, 0.2) is 0 Å². The van der Waals surface area contributed by atoms with Crippen LogP contribution in [0.1, 0.15) is 32.1 Å². The van der Waals surface area contributed by atoms with Crippen LogP contribution in [0.5, 0.6) is 0 Å². The van der Waals surface area contributed by atoms with Crippen LogP contribution in [0.15, 0.2) is 0 Å². The zero-order chi connectivity index (χ0) is 13.5. The van der Waals surface area contributed by atoms with E-state index < -0.39 is 0 Å². The van der Waals surface area contributed by atoms with E-state index in [0.29, 0.717) is 6.54 Å². The van der Waals surface area contributed by atoms with Crippen molar-refractivity contribution in [1.29, 1.82) is 0 Å². The van der Waals surface area contributed by atoms with E-state index in [4.69, 9.17) is 4.74 Å². The number of fused-ring (bicyclic) bond motifs is 1. The van der Waals surface area contributed by atoms with Gasteiger partial charge in [-0.15, -0.1) is 0 Å². The predicted octanol–water partition coefficient (Wildman–Crippen LogP) is 1.96. The maximum atomic E-state index is 12.4. The molecule has 3 rings (SSSR count). The van der Waals surface area contributed by atoms with Crippen LogP contribution in [0.4, 0.5) is 0 Å². The van der Waals surface area contributed by atoms with Crippen molar-refractivity contribution < 1.29 is 14.3 Å². The number of hydrogen-bond acceptors (Lipinski definition) is 3. The minimum absolute atomic E-state index is 0.0142. The molecule has 1 aliphatic carbocycles. The lowest BCUT2D eigenvalue weighted by molar-refractivity contribution is -0.143. The van der Waals surface area contributed by atoms with Gasteiger partial charge in [0.05, 0.1) is 11.8 Å². The fourth-order valence-electron chi connectivity index (χ4n) is 3.69. The Bertz CT molecular complexity index is 370. The molecule has 0 N–H and O–H groups in total. The quantitative estimate of drug-likeness (QED) is 0.587. The second-order valence-electron chi connectivity index (χ2n) is 6.15. The SMILES string of the molecule is O=C1C2CCCC2C(=O)N1CC1(CBr)CCOCC1. The van der Waals surface area contributed by atoms with Crippen LogP contribution in [0, 0.1) is 17.3 Å². The van der Waals surface area contributed by atoms with Crippen molar-refractivity contribution in [3.63, 3.8) is 0 Å². The molecule has 0 radical (unpaired) electrons. The number of amides is 2. The van der Waals surface area contributed by atoms with Gasteiger partial charge in [-0.3, -0.25) is 14.5 Å². The second kappa shape index (κ2) is 5.17. The van der Waals surface area contributed by atoms with Crippen LogP contribution in [0.3, 0.4) is 0 Å². The maximum Gasteiger partial charge on any atom is 0.233 e. The van der Waals surface area contributed by atoms with Gasteiger partial charge < -0.3 is 4.74 Å². The topological polar surface area (TPSA) is 46.6 Å². The third-order valence-corrected chi connectivity index (χ3v) is 6.20. The molecule has 2 aliphatic heterocycles. The number of carbonyl (C=O) groups is 2. The van der Waals surface area contributed by atoms with Gasteiger partial charge in [-0.25, -0.2) is 0 Å². The van der Waals surface area contributed by atoms with E-state index in [1.807, 2.05) is 0 Å². The van der Waals surface area contributed by atoms with Crippen LogP contribution < -0.4 is 0 Å². The lowest BCUT2D eigenvalue weighted by Gasteiger charge is -2.38. The zero-order valence-electron chi connectivity index (χ0n) is 11.1. The van der Waals surface area contributed by atoms with Crippen LogP contribution in [0.25, 0.3) is 0 Å². The van der Waals surface area contributed by atoms with Crippen molar-refractivity contribution in [3.05, 3.63) is 0 Å². The molecule has 0 bridgehead atoms. The lowest BCUT2D eigenvalue weighted by atomic mass is 9.82. The summed E-state index contributed by atoms with van der Waals surface area (Å²) in [7, 11) is 0. The van der Waals surface area contributed by atoms with E-state index in [9.17, 15) is 9.59 Å². The maximum absolute atomic E-state index is 12.4. The van der Waals surface area contributed by atoms with Gasteiger partial charge in [0.2, 0.25) is 11.8 Å². The van der Waals surface area contributed by atoms with Crippen molar-refractivity contribution in [1.82, 2.24) is 4.90 Å². The molecule has 2 atom stereocenters. The number of rotatable bonds is 3. The first-order valence-corrected chi connectivity index (χ1v) is 8.28. The Morgan fingerprint density at radius 3 is 2.26 bits per heavy atom. The van der Waals surface area contributed by atoms with Gasteiger partial charge in [-0.05, 0) is 25.7 Å². The highest BCUT2D eigenvalue weighted by atomic mass is 79.9. The molecule has 2 heterocycles. The molecule has 2 saturated heterocycles. The number of carbonyl (C=O) groups excluding carboxylic acids is 2. The van der Waals surface area contributed by atoms with Crippen molar-refractivity contribution in [3.8, 4) is 0 Å². The van der Waals surface area contributed by atoms with Crippen LogP contribution in [0.2, 0.25) is 0 Å². The first kappa shape index (κ1) is 13.6. The molecule has 3 fully saturated rings. The average Bonchev–Trinajstić information content (AvgIpc) is 3.00. The summed E-state index contributed by atoms with van der Waals surface area (Å²) in [6.45, 7) is 2.04. The van der Waals surface area contributed by atoms with E-state index in [0.717, 1.165) is 50.6 Å². The monoisotopic (exact) mass is 329 g/mol. The third-order valence-electron chi connectivity index (χ3n) is 5.01. The minimum Gasteiger partial charge on any atom is -0.381 e. The van der Waals surface area contributed by atoms with E-state index in [1.165, 1.54) is 0 Å². The Morgan fingerprint density at radius 1 is 1.16 bits per heavy atom. The highest BCUT2D eigenvalue weighted by Crippen LogP contribution is 2.42. The Morgan fingerprint density at radius 2 is 1.74 bits per heavy atom. The molecule has 0 spiro atoms. The zero-order valence-corrected chi connectivity index (χ0v) is 12.7. The minimum atomic E-state index is -0.0142.